The molecule has 0 atom stereocenters. The van der Waals surface area contributed by atoms with Gasteiger partial charge >= 0.3 is 68.5 Å². The van der Waals surface area contributed by atoms with E-state index in [4.69, 9.17) is 15.3 Å². The van der Waals surface area contributed by atoms with Gasteiger partial charge in [-0.05, 0) is 0 Å². The van der Waals surface area contributed by atoms with Crippen molar-refractivity contribution in [3.63, 3.8) is 0 Å². The van der Waals surface area contributed by atoms with Crippen molar-refractivity contribution in [1.29, 1.82) is 0 Å². The molecule has 0 aromatic carbocycles. The molecule has 6 heteroatoms. The number of hydrogen-bond acceptors (Lipinski definition) is 2. The monoisotopic (exact) mass is 179 g/mol. The van der Waals surface area contributed by atoms with Gasteiger partial charge in [0.2, 0.25) is 0 Å². The molecule has 0 aliphatic carbocycles. The van der Waals surface area contributed by atoms with Crippen LogP contribution in [0.15, 0.2) is 0 Å². The zero-order valence-electron chi connectivity index (χ0n) is 1.71. The summed E-state index contributed by atoms with van der Waals surface area (Å²) in [6.45, 7) is 0. The van der Waals surface area contributed by atoms with Gasteiger partial charge in [0.1, 0.15) is 0 Å². The second-order valence-electron chi connectivity index (χ2n) is 0.238. The molecule has 0 aliphatic heterocycles. The average Bonchev–Trinajstić information content (AvgIpc) is 0.811. The summed E-state index contributed by atoms with van der Waals surface area (Å²) in [6, 6.07) is 0. The topological polar surface area (TPSA) is 63.4 Å². The fourth-order valence-corrected chi connectivity index (χ4v) is 0. The van der Waals surface area contributed by atoms with Crippen molar-refractivity contribution in [1.82, 2.24) is 0 Å². The van der Waals surface area contributed by atoms with Crippen LogP contribution in [-0.2, 0) is 0 Å². The zero-order valence-corrected chi connectivity index (χ0v) is 1.71. The molecular weight excluding hydrogens is 174 g/mol. The Labute approximate surface area is 87.4 Å². The molecule has 0 heterocycles. The van der Waals surface area contributed by atoms with Gasteiger partial charge < -0.3 is 5.21 Å². The summed E-state index contributed by atoms with van der Waals surface area (Å²) in [4.78, 5) is 8.36. The second kappa shape index (κ2) is 9.67. The Hall–Kier alpha value is 1.45. The molecule has 0 fully saturated rings. The predicted molar refractivity (Wildman–Crippen MR) is 25.9 cm³/mol. The Bertz CT molecular complexity index is 33.8. The molecule has 0 unspecified atom stereocenters. The van der Waals surface area contributed by atoms with Gasteiger partial charge in [-0.2, -0.15) is 0 Å². The van der Waals surface area contributed by atoms with E-state index in [1.54, 1.807) is 0 Å². The summed E-state index contributed by atoms with van der Waals surface area (Å²) in [5.41, 5.74) is 0. The molecule has 0 aliphatic rings. The second-order valence-corrected chi connectivity index (χ2v) is 0.238. The van der Waals surface area contributed by atoms with E-state index in [0.29, 0.717) is 0 Å². The van der Waals surface area contributed by atoms with E-state index in [1.165, 1.54) is 0 Å². The van der Waals surface area contributed by atoms with Crippen molar-refractivity contribution < 1.29 is 10.3 Å². The van der Waals surface area contributed by atoms with Crippen LogP contribution in [0.2, 0.25) is 0 Å². The van der Waals surface area contributed by atoms with Crippen LogP contribution in [0.3, 0.4) is 0 Å². The van der Waals surface area contributed by atoms with Crippen LogP contribution in [0.5, 0.6) is 0 Å². The molecule has 0 amide bonds. The van der Waals surface area contributed by atoms with E-state index in [2.05, 4.69) is 0 Å². The van der Waals surface area contributed by atoms with Crippen LogP contribution in [0.25, 0.3) is 0 Å². The Morgan fingerprint density at radius 1 is 1.67 bits per heavy atom. The molecular formula is H5MgNO3Sr. The maximum absolute atomic E-state index is 8.36. The normalized spacial score (nSPS) is 4.00. The summed E-state index contributed by atoms with van der Waals surface area (Å²) in [7, 11) is 0. The minimum absolute atomic E-state index is 0. The van der Waals surface area contributed by atoms with Crippen LogP contribution >= 0.6 is 0 Å². The van der Waals surface area contributed by atoms with Crippen LogP contribution in [0.4, 0.5) is 0 Å². The summed E-state index contributed by atoms with van der Waals surface area (Å²) in [6.07, 6.45) is 0. The summed E-state index contributed by atoms with van der Waals surface area (Å²) < 4.78 is 0. The predicted octanol–water partition coefficient (Wildman–Crippen LogP) is -2.18. The molecule has 0 saturated carbocycles. The van der Waals surface area contributed by atoms with Crippen molar-refractivity contribution in [2.75, 3.05) is 0 Å². The summed E-state index contributed by atoms with van der Waals surface area (Å²) in [5, 5.41) is 13.6. The van der Waals surface area contributed by atoms with Gasteiger partial charge in [0.05, 0.1) is 0 Å². The van der Waals surface area contributed by atoms with E-state index >= 15 is 0 Å². The minimum atomic E-state index is -1.50. The Balaban J connectivity index is -0.0000000450. The first kappa shape index (κ1) is 15.7. The van der Waals surface area contributed by atoms with Gasteiger partial charge in [-0.3, -0.25) is 0 Å². The number of nitrogens with zero attached hydrogens (tertiary/aromatic N) is 1. The van der Waals surface area contributed by atoms with E-state index in [0.717, 1.165) is 0 Å². The van der Waals surface area contributed by atoms with Crippen molar-refractivity contribution in [2.24, 2.45) is 0 Å². The van der Waals surface area contributed by atoms with Crippen LogP contribution in [0.1, 0.15) is 0 Å². The van der Waals surface area contributed by atoms with Gasteiger partial charge in [-0.15, -0.1) is 10.1 Å². The molecule has 6 heavy (non-hydrogen) atoms. The quantitative estimate of drug-likeness (QED) is 0.261. The van der Waals surface area contributed by atoms with Crippen molar-refractivity contribution in [3.05, 3.63) is 10.1 Å². The third-order valence-electron chi connectivity index (χ3n) is 0. The first-order valence-corrected chi connectivity index (χ1v) is 0.565. The first-order valence-electron chi connectivity index (χ1n) is 0.565. The SMILES string of the molecule is O=[N+]([O-])O.[MgH2].[SrH2]. The van der Waals surface area contributed by atoms with E-state index in [-0.39, 0.29) is 68.5 Å². The van der Waals surface area contributed by atoms with E-state index in [1.807, 2.05) is 0 Å². The number of rotatable bonds is 0. The Morgan fingerprint density at radius 3 is 1.67 bits per heavy atom. The molecule has 4 nitrogen and oxygen atoms in total. The molecule has 1 N–H and O–H groups in total. The van der Waals surface area contributed by atoms with E-state index < -0.39 is 5.09 Å². The molecule has 0 spiro atoms. The molecule has 32 valence electrons. The molecule has 0 aromatic rings. The van der Waals surface area contributed by atoms with Crippen molar-refractivity contribution >= 4 is 68.5 Å². The summed E-state index contributed by atoms with van der Waals surface area (Å²) in [5.74, 6) is 0. The molecule has 0 rings (SSSR count). The standard InChI is InChI=1S/Mg.HNO3.Sr.4H/c;2-1(3)4;;;;;/h;(H,2,3,4);;;;;. The third-order valence-corrected chi connectivity index (χ3v) is 0. The van der Waals surface area contributed by atoms with E-state index in [9.17, 15) is 0 Å². The van der Waals surface area contributed by atoms with Gasteiger partial charge in [0.25, 0.3) is 5.09 Å². The van der Waals surface area contributed by atoms with Crippen LogP contribution in [0, 0.1) is 10.1 Å². The summed E-state index contributed by atoms with van der Waals surface area (Å²) >= 11 is 0. The fraction of sp³-hybridized carbons (Fsp3) is 0. The third kappa shape index (κ3) is 51.5. The van der Waals surface area contributed by atoms with Gasteiger partial charge in [-0.25, -0.2) is 0 Å². The van der Waals surface area contributed by atoms with Gasteiger partial charge in [0.15, 0.2) is 0 Å². The molecule has 0 saturated heterocycles. The molecule has 0 radical (unpaired) electrons. The maximum atomic E-state index is 8.36. The average molecular weight is 179 g/mol. The first-order chi connectivity index (χ1) is 1.73. The number of hydrogen-bond donors (Lipinski definition) is 1. The Morgan fingerprint density at radius 2 is 1.67 bits per heavy atom. The molecule has 0 aromatic heterocycles. The Kier molecular flexibility index (Phi) is 25.2. The van der Waals surface area contributed by atoms with Gasteiger partial charge in [-0.1, -0.05) is 0 Å². The molecule has 0 bridgehead atoms. The zero-order chi connectivity index (χ0) is 3.58. The van der Waals surface area contributed by atoms with Crippen molar-refractivity contribution in [2.45, 2.75) is 0 Å². The van der Waals surface area contributed by atoms with Gasteiger partial charge in [0, 0.05) is 0 Å². The fourth-order valence-electron chi connectivity index (χ4n) is 0. The van der Waals surface area contributed by atoms with Crippen molar-refractivity contribution in [3.8, 4) is 0 Å². The van der Waals surface area contributed by atoms with Crippen LogP contribution in [-0.4, -0.2) is 78.8 Å². The van der Waals surface area contributed by atoms with Crippen LogP contribution < -0.4 is 0 Å².